The van der Waals surface area contributed by atoms with Crippen molar-refractivity contribution in [3.63, 3.8) is 0 Å². The van der Waals surface area contributed by atoms with E-state index in [2.05, 4.69) is 41.3 Å². The van der Waals surface area contributed by atoms with Crippen LogP contribution in [0.1, 0.15) is 49.8 Å². The molecule has 2 heterocycles. The van der Waals surface area contributed by atoms with E-state index in [1.54, 1.807) is 0 Å². The minimum Gasteiger partial charge on any atom is -0.492 e. The van der Waals surface area contributed by atoms with Gasteiger partial charge in [-0.3, -0.25) is 0 Å². The third-order valence-electron chi connectivity index (χ3n) is 7.91. The van der Waals surface area contributed by atoms with E-state index in [1.165, 1.54) is 5.57 Å². The van der Waals surface area contributed by atoms with Crippen LogP contribution in [-0.2, 0) is 11.2 Å². The summed E-state index contributed by atoms with van der Waals surface area (Å²) in [7, 11) is 0. The Labute approximate surface area is 219 Å². The van der Waals surface area contributed by atoms with E-state index in [-0.39, 0.29) is 5.92 Å². The number of hydrogen-bond donors (Lipinski definition) is 2. The van der Waals surface area contributed by atoms with Gasteiger partial charge in [-0.2, -0.15) is 0 Å². The van der Waals surface area contributed by atoms with Crippen LogP contribution >= 0.6 is 11.6 Å². The number of likely N-dealkylation sites (tertiary alicyclic amines) is 1. The first-order chi connectivity index (χ1) is 17.2. The second-order valence-corrected chi connectivity index (χ2v) is 11.3. The fraction of sp³-hybridized carbons (Fsp3) is 0.419. The van der Waals surface area contributed by atoms with Crippen molar-refractivity contribution in [2.45, 2.75) is 44.3 Å². The van der Waals surface area contributed by atoms with Gasteiger partial charge in [0.1, 0.15) is 5.75 Å². The molecule has 1 aliphatic carbocycles. The molecule has 0 radical (unpaired) electrons. The molecule has 0 aromatic heterocycles. The Balaban J connectivity index is 1.32. The summed E-state index contributed by atoms with van der Waals surface area (Å²) in [6.45, 7) is 6.96. The van der Waals surface area contributed by atoms with Crippen LogP contribution in [0.15, 0.2) is 72.8 Å². The fourth-order valence-corrected chi connectivity index (χ4v) is 5.74. The SMILES string of the molecule is CC(C)(O)c1ccc2c(c1)C(=CCCN1CCC(O)(c3ccc(Cl)cc3)CC1)C1C=CC=CC1CO2. The van der Waals surface area contributed by atoms with Gasteiger partial charge in [0, 0.05) is 42.1 Å². The molecule has 0 saturated carbocycles. The molecule has 4 nitrogen and oxygen atoms in total. The molecular formula is C31H36ClNO3. The topological polar surface area (TPSA) is 52.9 Å². The standard InChI is InChI=1S/C31H36ClNO3/c1-30(2,34)24-11-14-29-28(20-24)27(26-7-4-3-6-22(26)21-36-29)8-5-17-33-18-15-31(35,16-19-33)23-9-12-25(32)13-10-23/h3-4,6-14,20,22,26,34-35H,5,15-19,21H2,1-2H3. The maximum atomic E-state index is 11.2. The van der Waals surface area contributed by atoms with Crippen molar-refractivity contribution in [2.75, 3.05) is 26.2 Å². The highest BCUT2D eigenvalue weighted by molar-refractivity contribution is 6.30. The first-order valence-electron chi connectivity index (χ1n) is 13.0. The molecule has 0 spiro atoms. The minimum absolute atomic E-state index is 0.254. The summed E-state index contributed by atoms with van der Waals surface area (Å²) in [5, 5.41) is 22.6. The Bertz CT molecular complexity index is 1170. The summed E-state index contributed by atoms with van der Waals surface area (Å²) in [4.78, 5) is 2.44. The van der Waals surface area contributed by atoms with Crippen molar-refractivity contribution < 1.29 is 14.9 Å². The Morgan fingerprint density at radius 2 is 1.81 bits per heavy atom. The molecule has 2 aliphatic heterocycles. The van der Waals surface area contributed by atoms with Gasteiger partial charge in [-0.1, -0.05) is 60.2 Å². The van der Waals surface area contributed by atoms with E-state index in [4.69, 9.17) is 16.3 Å². The first-order valence-corrected chi connectivity index (χ1v) is 13.4. The van der Waals surface area contributed by atoms with Crippen LogP contribution in [0.5, 0.6) is 5.75 Å². The molecule has 36 heavy (non-hydrogen) atoms. The van der Waals surface area contributed by atoms with Crippen molar-refractivity contribution in [1.82, 2.24) is 4.90 Å². The van der Waals surface area contributed by atoms with Crippen molar-refractivity contribution in [1.29, 1.82) is 0 Å². The van der Waals surface area contributed by atoms with E-state index in [0.29, 0.717) is 17.5 Å². The van der Waals surface area contributed by atoms with Crippen LogP contribution < -0.4 is 4.74 Å². The number of hydrogen-bond acceptors (Lipinski definition) is 4. The second-order valence-electron chi connectivity index (χ2n) is 10.9. The normalized spacial score (nSPS) is 24.6. The van der Waals surface area contributed by atoms with E-state index in [1.807, 2.05) is 50.2 Å². The molecule has 2 N–H and O–H groups in total. The summed E-state index contributed by atoms with van der Waals surface area (Å²) in [5.74, 6) is 1.43. The quantitative estimate of drug-likeness (QED) is 0.517. The minimum atomic E-state index is -0.914. The van der Waals surface area contributed by atoms with Crippen molar-refractivity contribution in [2.24, 2.45) is 11.8 Å². The molecule has 3 aliphatic rings. The van der Waals surface area contributed by atoms with E-state index in [9.17, 15) is 10.2 Å². The van der Waals surface area contributed by atoms with Gasteiger partial charge in [-0.15, -0.1) is 0 Å². The highest BCUT2D eigenvalue weighted by Crippen LogP contribution is 2.43. The largest absolute Gasteiger partial charge is 0.492 e. The van der Waals surface area contributed by atoms with Gasteiger partial charge in [0.2, 0.25) is 0 Å². The number of benzene rings is 2. The zero-order chi connectivity index (χ0) is 25.3. The predicted molar refractivity (Wildman–Crippen MR) is 146 cm³/mol. The van der Waals surface area contributed by atoms with Gasteiger partial charge >= 0.3 is 0 Å². The Hall–Kier alpha value is -2.37. The van der Waals surface area contributed by atoms with Crippen LogP contribution in [0.3, 0.4) is 0 Å². The molecule has 2 aromatic carbocycles. The number of rotatable bonds is 5. The lowest BCUT2D eigenvalue weighted by atomic mass is 9.79. The van der Waals surface area contributed by atoms with E-state index >= 15 is 0 Å². The smallest absolute Gasteiger partial charge is 0.126 e. The number of fused-ring (bicyclic) bond motifs is 2. The van der Waals surface area contributed by atoms with Crippen molar-refractivity contribution in [3.8, 4) is 5.75 Å². The third kappa shape index (κ3) is 5.33. The number of halogens is 1. The molecule has 5 heteroatoms. The van der Waals surface area contributed by atoms with E-state index in [0.717, 1.165) is 61.3 Å². The lowest BCUT2D eigenvalue weighted by Crippen LogP contribution is -2.42. The number of nitrogens with zero attached hydrogens (tertiary/aromatic N) is 1. The molecule has 190 valence electrons. The lowest BCUT2D eigenvalue weighted by molar-refractivity contribution is -0.0254. The Morgan fingerprint density at radius 1 is 1.08 bits per heavy atom. The Morgan fingerprint density at radius 3 is 2.53 bits per heavy atom. The molecule has 0 amide bonds. The van der Waals surface area contributed by atoms with Crippen LogP contribution in [0.2, 0.25) is 5.02 Å². The number of aliphatic hydroxyl groups is 2. The fourth-order valence-electron chi connectivity index (χ4n) is 5.62. The third-order valence-corrected chi connectivity index (χ3v) is 8.16. The number of ether oxygens (including phenoxy) is 1. The zero-order valence-corrected chi connectivity index (χ0v) is 21.9. The van der Waals surface area contributed by atoms with Crippen LogP contribution in [0.25, 0.3) is 5.57 Å². The number of allylic oxidation sites excluding steroid dienone is 4. The number of piperidine rings is 1. The van der Waals surface area contributed by atoms with Crippen molar-refractivity contribution in [3.05, 3.63) is 94.6 Å². The molecule has 1 saturated heterocycles. The predicted octanol–water partition coefficient (Wildman–Crippen LogP) is 6.08. The van der Waals surface area contributed by atoms with Gasteiger partial charge in [-0.05, 0) is 74.1 Å². The monoisotopic (exact) mass is 505 g/mol. The highest BCUT2D eigenvalue weighted by Gasteiger charge is 2.34. The maximum Gasteiger partial charge on any atom is 0.126 e. The van der Waals surface area contributed by atoms with Crippen molar-refractivity contribution >= 4 is 17.2 Å². The van der Waals surface area contributed by atoms with Gasteiger partial charge in [0.15, 0.2) is 0 Å². The molecule has 1 fully saturated rings. The lowest BCUT2D eigenvalue weighted by Gasteiger charge is -2.38. The highest BCUT2D eigenvalue weighted by atomic mass is 35.5. The first kappa shape index (κ1) is 25.3. The van der Waals surface area contributed by atoms with Gasteiger partial charge in [0.25, 0.3) is 0 Å². The average molecular weight is 506 g/mol. The Kier molecular flexibility index (Phi) is 7.15. The second kappa shape index (κ2) is 10.2. The average Bonchev–Trinajstić information content (AvgIpc) is 3.02. The van der Waals surface area contributed by atoms with Gasteiger partial charge in [0.05, 0.1) is 17.8 Å². The molecule has 2 atom stereocenters. The summed E-state index contributed by atoms with van der Waals surface area (Å²) in [5.41, 5.74) is 2.50. The summed E-state index contributed by atoms with van der Waals surface area (Å²) < 4.78 is 6.23. The molecule has 0 bridgehead atoms. The molecule has 2 aromatic rings. The molecular weight excluding hydrogens is 470 g/mol. The van der Waals surface area contributed by atoms with Crippen LogP contribution in [0, 0.1) is 11.8 Å². The van der Waals surface area contributed by atoms with Crippen LogP contribution in [-0.4, -0.2) is 41.4 Å². The summed E-state index contributed by atoms with van der Waals surface area (Å²) >= 11 is 6.03. The van der Waals surface area contributed by atoms with Gasteiger partial charge in [-0.25, -0.2) is 0 Å². The molecule has 5 rings (SSSR count). The summed E-state index contributed by atoms with van der Waals surface area (Å²) in [6, 6.07) is 13.7. The van der Waals surface area contributed by atoms with Crippen LogP contribution in [0.4, 0.5) is 0 Å². The van der Waals surface area contributed by atoms with E-state index < -0.39 is 11.2 Å². The van der Waals surface area contributed by atoms with Gasteiger partial charge < -0.3 is 19.8 Å². The zero-order valence-electron chi connectivity index (χ0n) is 21.2. The molecule has 2 unspecified atom stereocenters. The maximum absolute atomic E-state index is 11.2. The summed E-state index contributed by atoms with van der Waals surface area (Å²) in [6.07, 6.45) is 13.5.